The van der Waals surface area contributed by atoms with Crippen LogP contribution in [0.1, 0.15) is 67.7 Å². The zero-order valence-electron chi connectivity index (χ0n) is 21.4. The van der Waals surface area contributed by atoms with Crippen LogP contribution in [0.5, 0.6) is 0 Å². The summed E-state index contributed by atoms with van der Waals surface area (Å²) in [4.78, 5) is 23.4. The molecule has 2 saturated carbocycles. The molecule has 34 heavy (non-hydrogen) atoms. The number of allylic oxidation sites excluding steroid dienone is 1. The first-order valence-electron chi connectivity index (χ1n) is 12.3. The average molecular weight is 463 g/mol. The van der Waals surface area contributed by atoms with Gasteiger partial charge in [-0.15, -0.1) is 0 Å². The molecule has 0 aliphatic heterocycles. The van der Waals surface area contributed by atoms with Gasteiger partial charge < -0.3 is 9.47 Å². The lowest BCUT2D eigenvalue weighted by Gasteiger charge is -2.22. The Labute approximate surface area is 204 Å². The molecule has 0 N–H and O–H groups in total. The van der Waals surface area contributed by atoms with Crippen LogP contribution in [-0.2, 0) is 19.1 Å². The van der Waals surface area contributed by atoms with Gasteiger partial charge in [-0.1, -0.05) is 66.6 Å². The lowest BCUT2D eigenvalue weighted by atomic mass is 9.83. The number of esters is 2. The zero-order chi connectivity index (χ0) is 24.8. The highest BCUT2D eigenvalue weighted by Crippen LogP contribution is 2.47. The molecular weight excluding hydrogens is 424 g/mol. The fourth-order valence-corrected chi connectivity index (χ4v) is 4.84. The van der Waals surface area contributed by atoms with E-state index >= 15 is 0 Å². The third-order valence-electron chi connectivity index (χ3n) is 6.88. The number of carbonyl (C=O) groups is 2. The molecular formula is C30H38O4. The molecule has 2 aliphatic carbocycles. The highest BCUT2D eigenvalue weighted by atomic mass is 16.5. The Morgan fingerprint density at radius 3 is 2.00 bits per heavy atom. The van der Waals surface area contributed by atoms with E-state index in [-0.39, 0.29) is 17.9 Å². The second-order valence-corrected chi connectivity index (χ2v) is 9.76. The molecule has 0 radical (unpaired) electrons. The summed E-state index contributed by atoms with van der Waals surface area (Å²) in [6.45, 7) is 8.01. The van der Waals surface area contributed by atoms with Crippen LogP contribution in [0.4, 0.5) is 0 Å². The molecule has 4 heteroatoms. The van der Waals surface area contributed by atoms with E-state index in [9.17, 15) is 9.59 Å². The summed E-state index contributed by atoms with van der Waals surface area (Å²) in [5.74, 6) is 1.16. The van der Waals surface area contributed by atoms with E-state index in [1.807, 2.05) is 19.9 Å². The zero-order valence-corrected chi connectivity index (χ0v) is 21.4. The van der Waals surface area contributed by atoms with E-state index in [1.165, 1.54) is 62.2 Å². The van der Waals surface area contributed by atoms with Crippen molar-refractivity contribution in [2.45, 2.75) is 59.3 Å². The van der Waals surface area contributed by atoms with Crippen molar-refractivity contribution >= 4 is 17.5 Å². The first-order chi connectivity index (χ1) is 16.3. The average Bonchev–Trinajstić information content (AvgIpc) is 3.74. The highest BCUT2D eigenvalue weighted by Gasteiger charge is 2.39. The van der Waals surface area contributed by atoms with E-state index in [2.05, 4.69) is 56.3 Å². The van der Waals surface area contributed by atoms with Crippen molar-refractivity contribution in [3.8, 4) is 0 Å². The van der Waals surface area contributed by atoms with E-state index in [4.69, 9.17) is 9.47 Å². The van der Waals surface area contributed by atoms with Crippen LogP contribution in [0, 0.1) is 31.6 Å². The maximum absolute atomic E-state index is 11.7. The van der Waals surface area contributed by atoms with Gasteiger partial charge in [0.15, 0.2) is 0 Å². The first kappa shape index (κ1) is 25.7. The molecule has 2 aromatic carbocycles. The van der Waals surface area contributed by atoms with Crippen LogP contribution < -0.4 is 0 Å². The fourth-order valence-electron chi connectivity index (χ4n) is 4.84. The molecule has 2 fully saturated rings. The van der Waals surface area contributed by atoms with Crippen molar-refractivity contribution in [3.05, 3.63) is 76.4 Å². The molecule has 0 amide bonds. The van der Waals surface area contributed by atoms with Crippen molar-refractivity contribution in [1.82, 2.24) is 0 Å². The lowest BCUT2D eigenvalue weighted by molar-refractivity contribution is -0.145. The van der Waals surface area contributed by atoms with Crippen LogP contribution in [0.15, 0.2) is 54.1 Å². The minimum absolute atomic E-state index is 0.0469. The number of rotatable bonds is 7. The smallest absolute Gasteiger partial charge is 0.333 e. The fraction of sp³-hybridized carbons (Fsp3) is 0.467. The van der Waals surface area contributed by atoms with Gasteiger partial charge in [-0.25, -0.2) is 4.79 Å². The van der Waals surface area contributed by atoms with Gasteiger partial charge in [0, 0.05) is 5.57 Å². The Morgan fingerprint density at radius 2 is 1.50 bits per heavy atom. The van der Waals surface area contributed by atoms with E-state index in [1.54, 1.807) is 0 Å². The quantitative estimate of drug-likeness (QED) is 0.341. The second-order valence-electron chi connectivity index (χ2n) is 9.76. The van der Waals surface area contributed by atoms with Gasteiger partial charge in [0.2, 0.25) is 0 Å². The van der Waals surface area contributed by atoms with Gasteiger partial charge in [-0.05, 0) is 80.9 Å². The maximum atomic E-state index is 11.7. The van der Waals surface area contributed by atoms with Crippen molar-refractivity contribution in [3.63, 3.8) is 0 Å². The molecule has 0 spiro atoms. The molecule has 182 valence electrons. The number of carbonyl (C=O) groups excluding carboxylic acids is 2. The predicted octanol–water partition coefficient (Wildman–Crippen LogP) is 6.65. The first-order valence-corrected chi connectivity index (χ1v) is 12.3. The van der Waals surface area contributed by atoms with Crippen LogP contribution in [-0.4, -0.2) is 26.2 Å². The third-order valence-corrected chi connectivity index (χ3v) is 6.88. The molecule has 0 bridgehead atoms. The maximum Gasteiger partial charge on any atom is 0.333 e. The number of methoxy groups -OCH3 is 2. The lowest BCUT2D eigenvalue weighted by Crippen LogP contribution is -2.22. The van der Waals surface area contributed by atoms with E-state index in [0.29, 0.717) is 17.8 Å². The summed E-state index contributed by atoms with van der Waals surface area (Å²) in [7, 11) is 2.91. The molecule has 2 aliphatic rings. The summed E-state index contributed by atoms with van der Waals surface area (Å²) in [6.07, 6.45) is 4.83. The monoisotopic (exact) mass is 462 g/mol. The van der Waals surface area contributed by atoms with Crippen LogP contribution in [0.2, 0.25) is 0 Å². The number of hydrogen-bond acceptors (Lipinski definition) is 4. The Balaban J connectivity index is 0.000000191. The van der Waals surface area contributed by atoms with Crippen LogP contribution in [0.3, 0.4) is 0 Å². The largest absolute Gasteiger partial charge is 0.469 e. The van der Waals surface area contributed by atoms with Gasteiger partial charge in [0.05, 0.1) is 20.1 Å². The van der Waals surface area contributed by atoms with Crippen molar-refractivity contribution < 1.29 is 19.1 Å². The highest BCUT2D eigenvalue weighted by molar-refractivity contribution is 5.97. The Hall–Kier alpha value is -2.88. The van der Waals surface area contributed by atoms with Crippen LogP contribution >= 0.6 is 0 Å². The Bertz CT molecular complexity index is 1040. The summed E-state index contributed by atoms with van der Waals surface area (Å²) < 4.78 is 9.71. The molecule has 0 saturated heterocycles. The molecule has 4 nitrogen and oxygen atoms in total. The molecule has 0 heterocycles. The summed E-state index contributed by atoms with van der Waals surface area (Å²) in [5, 5.41) is 0. The van der Waals surface area contributed by atoms with Gasteiger partial charge in [0.1, 0.15) is 0 Å². The van der Waals surface area contributed by atoms with Crippen molar-refractivity contribution in [2.75, 3.05) is 14.2 Å². The topological polar surface area (TPSA) is 52.6 Å². The van der Waals surface area contributed by atoms with Gasteiger partial charge in [-0.3, -0.25) is 4.79 Å². The Kier molecular flexibility index (Phi) is 8.71. The van der Waals surface area contributed by atoms with Crippen molar-refractivity contribution in [2.24, 2.45) is 17.8 Å². The molecule has 4 rings (SSSR count). The molecule has 0 unspecified atom stereocenters. The molecule has 2 atom stereocenters. The molecule has 0 aromatic heterocycles. The summed E-state index contributed by atoms with van der Waals surface area (Å²) in [5.41, 5.74) is 6.84. The number of ether oxygens (including phenoxy) is 2. The normalized spacial score (nSPS) is 17.5. The third kappa shape index (κ3) is 6.59. The van der Waals surface area contributed by atoms with E-state index in [0.717, 1.165) is 11.1 Å². The van der Waals surface area contributed by atoms with E-state index < -0.39 is 0 Å². The minimum Gasteiger partial charge on any atom is -0.469 e. The summed E-state index contributed by atoms with van der Waals surface area (Å²) in [6, 6.07) is 16.8. The predicted molar refractivity (Wildman–Crippen MR) is 136 cm³/mol. The SMILES string of the molecule is COC(=O)/C(C)=C(\c1cccc(C)c1)C1CC1.COC(=O)[C@@H](C)[C@H](c1cccc(C)c1)C1CC1. The van der Waals surface area contributed by atoms with Gasteiger partial charge >= 0.3 is 11.9 Å². The number of benzene rings is 2. The summed E-state index contributed by atoms with van der Waals surface area (Å²) >= 11 is 0. The second kappa shape index (κ2) is 11.5. The van der Waals surface area contributed by atoms with Crippen molar-refractivity contribution in [1.29, 1.82) is 0 Å². The standard InChI is InChI=1S/C15H20O2.C15H18O2/c2*1-10-5-4-6-13(9-10)14(12-7-8-12)11(2)15(16)17-3/h4-6,9,11-12,14H,7-8H2,1-3H3;4-6,9,12H,7-8H2,1-3H3/b;14-11-/t11-,14-;/m0./s1. The van der Waals surface area contributed by atoms with Crippen LogP contribution in [0.25, 0.3) is 5.57 Å². The number of aryl methyl sites for hydroxylation is 2. The molecule has 2 aromatic rings. The Morgan fingerprint density at radius 1 is 0.882 bits per heavy atom. The minimum atomic E-state index is -0.214. The van der Waals surface area contributed by atoms with Gasteiger partial charge in [-0.2, -0.15) is 0 Å². The van der Waals surface area contributed by atoms with Gasteiger partial charge in [0.25, 0.3) is 0 Å². The number of hydrogen-bond donors (Lipinski definition) is 0.